The third-order valence-corrected chi connectivity index (χ3v) is 4.12. The fourth-order valence-corrected chi connectivity index (χ4v) is 2.84. The van der Waals surface area contributed by atoms with Crippen LogP contribution < -0.4 is 0 Å². The van der Waals surface area contributed by atoms with Crippen molar-refractivity contribution in [2.45, 2.75) is 12.5 Å². The molecule has 100 valence electrons. The van der Waals surface area contributed by atoms with Gasteiger partial charge in [0.2, 0.25) is 0 Å². The van der Waals surface area contributed by atoms with E-state index in [1.807, 2.05) is 22.6 Å². The summed E-state index contributed by atoms with van der Waals surface area (Å²) in [5, 5.41) is 10.2. The molecule has 1 unspecified atom stereocenters. The van der Waals surface area contributed by atoms with Crippen LogP contribution in [0.5, 0.6) is 0 Å². The lowest BCUT2D eigenvalue weighted by molar-refractivity contribution is 0.177. The molecule has 2 aromatic rings. The Morgan fingerprint density at radius 2 is 1.95 bits per heavy atom. The highest BCUT2D eigenvalue weighted by Gasteiger charge is 2.15. The van der Waals surface area contributed by atoms with Gasteiger partial charge in [0.05, 0.1) is 11.1 Å². The molecule has 5 heteroatoms. The molecule has 0 aliphatic carbocycles. The molecule has 0 aromatic heterocycles. The molecule has 2 rings (SSSR count). The number of hydrogen-bond acceptors (Lipinski definition) is 1. The maximum Gasteiger partial charge on any atom is 0.142 e. The zero-order chi connectivity index (χ0) is 14.0. The fraction of sp³-hybridized carbons (Fsp3) is 0.143. The van der Waals surface area contributed by atoms with Crippen molar-refractivity contribution in [2.75, 3.05) is 0 Å². The lowest BCUT2D eigenvalue weighted by atomic mass is 10.0. The van der Waals surface area contributed by atoms with Crippen molar-refractivity contribution < 1.29 is 13.9 Å². The van der Waals surface area contributed by atoms with E-state index in [4.69, 9.17) is 11.6 Å². The van der Waals surface area contributed by atoms with E-state index in [9.17, 15) is 13.9 Å². The second-order valence-corrected chi connectivity index (χ2v) is 5.64. The molecular formula is C14H10ClF2IO. The molecule has 0 heterocycles. The highest BCUT2D eigenvalue weighted by molar-refractivity contribution is 14.1. The van der Waals surface area contributed by atoms with E-state index >= 15 is 0 Å². The quantitative estimate of drug-likeness (QED) is 0.760. The third-order valence-electron chi connectivity index (χ3n) is 2.77. The summed E-state index contributed by atoms with van der Waals surface area (Å²) in [5.74, 6) is -0.871. The normalized spacial score (nSPS) is 12.5. The van der Waals surface area contributed by atoms with Crippen LogP contribution in [0.3, 0.4) is 0 Å². The van der Waals surface area contributed by atoms with Crippen LogP contribution in [0.1, 0.15) is 17.2 Å². The van der Waals surface area contributed by atoms with E-state index in [1.54, 1.807) is 12.1 Å². The first-order valence-electron chi connectivity index (χ1n) is 5.55. The molecule has 0 aliphatic rings. The van der Waals surface area contributed by atoms with E-state index in [0.29, 0.717) is 14.7 Å². The fourth-order valence-electron chi connectivity index (χ4n) is 1.80. The monoisotopic (exact) mass is 394 g/mol. The Morgan fingerprint density at radius 3 is 2.63 bits per heavy atom. The van der Waals surface area contributed by atoms with Gasteiger partial charge in [-0.25, -0.2) is 8.78 Å². The number of rotatable bonds is 3. The molecule has 2 aromatic carbocycles. The minimum Gasteiger partial charge on any atom is -0.388 e. The van der Waals surface area contributed by atoms with Gasteiger partial charge in [-0.05, 0) is 51.9 Å². The maximum absolute atomic E-state index is 13.3. The van der Waals surface area contributed by atoms with E-state index in [-0.39, 0.29) is 17.3 Å². The Kier molecular flexibility index (Phi) is 4.76. The van der Waals surface area contributed by atoms with Crippen LogP contribution in [0.15, 0.2) is 36.4 Å². The molecule has 0 aliphatic heterocycles. The van der Waals surface area contributed by atoms with Gasteiger partial charge in [0.25, 0.3) is 0 Å². The summed E-state index contributed by atoms with van der Waals surface area (Å²) in [6.07, 6.45) is -0.676. The highest BCUT2D eigenvalue weighted by Crippen LogP contribution is 2.28. The first-order valence-corrected chi connectivity index (χ1v) is 7.00. The van der Waals surface area contributed by atoms with Gasteiger partial charge >= 0.3 is 0 Å². The summed E-state index contributed by atoms with van der Waals surface area (Å²) in [4.78, 5) is 0. The summed E-state index contributed by atoms with van der Waals surface area (Å²) in [5.41, 5.74) is 1.12. The lowest BCUT2D eigenvalue weighted by Crippen LogP contribution is -2.05. The van der Waals surface area contributed by atoms with Crippen LogP contribution in [0.4, 0.5) is 8.78 Å². The van der Waals surface area contributed by atoms with Crippen LogP contribution in [0.2, 0.25) is 5.02 Å². The number of benzene rings is 2. The van der Waals surface area contributed by atoms with Crippen molar-refractivity contribution in [1.82, 2.24) is 0 Å². The van der Waals surface area contributed by atoms with Crippen molar-refractivity contribution in [3.8, 4) is 0 Å². The average molecular weight is 395 g/mol. The summed E-state index contributed by atoms with van der Waals surface area (Å²) < 4.78 is 26.9. The smallest absolute Gasteiger partial charge is 0.142 e. The zero-order valence-corrected chi connectivity index (χ0v) is 12.6. The summed E-state index contributed by atoms with van der Waals surface area (Å²) in [6.45, 7) is 0. The van der Waals surface area contributed by atoms with Gasteiger partial charge in [0.15, 0.2) is 0 Å². The Labute approximate surface area is 128 Å². The van der Waals surface area contributed by atoms with Crippen LogP contribution >= 0.6 is 34.2 Å². The van der Waals surface area contributed by atoms with Crippen LogP contribution in [-0.2, 0) is 6.42 Å². The van der Waals surface area contributed by atoms with Crippen molar-refractivity contribution in [2.24, 2.45) is 0 Å². The molecule has 1 N–H and O–H groups in total. The molecule has 0 fully saturated rings. The molecular weight excluding hydrogens is 385 g/mol. The molecule has 0 amide bonds. The SMILES string of the molecule is OC(Cc1cccc(F)c1Cl)c1ccc(F)cc1I. The molecule has 1 nitrogen and oxygen atoms in total. The van der Waals surface area contributed by atoms with Gasteiger partial charge in [-0.2, -0.15) is 0 Å². The van der Waals surface area contributed by atoms with Crippen molar-refractivity contribution in [3.05, 3.63) is 67.8 Å². The van der Waals surface area contributed by atoms with Gasteiger partial charge in [-0.15, -0.1) is 0 Å². The lowest BCUT2D eigenvalue weighted by Gasteiger charge is -2.14. The Morgan fingerprint density at radius 1 is 1.21 bits per heavy atom. The summed E-state index contributed by atoms with van der Waals surface area (Å²) in [6, 6.07) is 8.61. The standard InChI is InChI=1S/C14H10ClF2IO/c15-14-8(2-1-3-11(14)17)6-13(19)10-5-4-9(16)7-12(10)18/h1-5,7,13,19H,6H2. The number of aliphatic hydroxyl groups is 1. The Hall–Kier alpha value is -0.720. The van der Waals surface area contributed by atoms with Gasteiger partial charge in [-0.1, -0.05) is 29.8 Å². The minimum absolute atomic E-state index is 0.0127. The number of hydrogen-bond donors (Lipinski definition) is 1. The van der Waals surface area contributed by atoms with Gasteiger partial charge in [0, 0.05) is 9.99 Å². The van der Waals surface area contributed by atoms with Crippen LogP contribution in [0.25, 0.3) is 0 Å². The molecule has 0 spiro atoms. The van der Waals surface area contributed by atoms with Gasteiger partial charge in [-0.3, -0.25) is 0 Å². The summed E-state index contributed by atoms with van der Waals surface area (Å²) in [7, 11) is 0. The second kappa shape index (κ2) is 6.15. The minimum atomic E-state index is -0.855. The van der Waals surface area contributed by atoms with Gasteiger partial charge < -0.3 is 5.11 Å². The summed E-state index contributed by atoms with van der Waals surface area (Å²) >= 11 is 7.79. The first-order chi connectivity index (χ1) is 8.99. The van der Waals surface area contributed by atoms with Crippen LogP contribution in [-0.4, -0.2) is 5.11 Å². The first kappa shape index (κ1) is 14.7. The van der Waals surface area contributed by atoms with E-state index in [1.165, 1.54) is 24.3 Å². The third kappa shape index (κ3) is 3.43. The van der Waals surface area contributed by atoms with Crippen molar-refractivity contribution in [1.29, 1.82) is 0 Å². The number of halogens is 4. The Bertz CT molecular complexity index is 604. The van der Waals surface area contributed by atoms with E-state index in [0.717, 1.165) is 0 Å². The molecule has 0 saturated heterocycles. The molecule has 19 heavy (non-hydrogen) atoms. The van der Waals surface area contributed by atoms with Crippen molar-refractivity contribution >= 4 is 34.2 Å². The predicted octanol–water partition coefficient (Wildman–Crippen LogP) is 4.50. The van der Waals surface area contributed by atoms with E-state index < -0.39 is 11.9 Å². The predicted molar refractivity (Wildman–Crippen MR) is 79.2 cm³/mol. The zero-order valence-electron chi connectivity index (χ0n) is 9.71. The van der Waals surface area contributed by atoms with Crippen molar-refractivity contribution in [3.63, 3.8) is 0 Å². The molecule has 0 radical (unpaired) electrons. The largest absolute Gasteiger partial charge is 0.388 e. The topological polar surface area (TPSA) is 20.2 Å². The van der Waals surface area contributed by atoms with Crippen LogP contribution in [0, 0.1) is 15.2 Å². The maximum atomic E-state index is 13.3. The van der Waals surface area contributed by atoms with Gasteiger partial charge in [0.1, 0.15) is 11.6 Å². The number of aliphatic hydroxyl groups excluding tert-OH is 1. The second-order valence-electron chi connectivity index (χ2n) is 4.10. The van der Waals surface area contributed by atoms with E-state index in [2.05, 4.69) is 0 Å². The molecule has 0 bridgehead atoms. The molecule has 1 atom stereocenters. The molecule has 0 saturated carbocycles. The highest BCUT2D eigenvalue weighted by atomic mass is 127. The Balaban J connectivity index is 2.25. The average Bonchev–Trinajstić information content (AvgIpc) is 2.34.